The number of nitrogens with zero attached hydrogens (tertiary/aromatic N) is 3. The molecule has 8 heteroatoms. The number of nitrogens with two attached hydrogens (primary N) is 1. The molecule has 0 radical (unpaired) electrons. The molecule has 0 atom stereocenters. The van der Waals surface area contributed by atoms with E-state index in [0.29, 0.717) is 5.82 Å². The zero-order chi connectivity index (χ0) is 15.3. The van der Waals surface area contributed by atoms with E-state index in [1.165, 1.54) is 18.2 Å². The zero-order valence-corrected chi connectivity index (χ0v) is 11.0. The lowest BCUT2D eigenvalue weighted by molar-refractivity contribution is -0.0915. The number of nitrogen functional groups attached to an aromatic ring is 1. The van der Waals surface area contributed by atoms with Gasteiger partial charge in [-0.3, -0.25) is 4.99 Å². The molecule has 3 N–H and O–H groups in total. The molecule has 0 saturated heterocycles. The van der Waals surface area contributed by atoms with Crippen LogP contribution in [0, 0.1) is 0 Å². The molecule has 1 rings (SSSR count). The van der Waals surface area contributed by atoms with Crippen molar-refractivity contribution in [3.05, 3.63) is 29.6 Å². The highest BCUT2D eigenvalue weighted by Crippen LogP contribution is 2.33. The maximum atomic E-state index is 12.9. The molecule has 0 amide bonds. The molecule has 0 aliphatic rings. The van der Waals surface area contributed by atoms with Crippen LogP contribution in [0.1, 0.15) is 12.6 Å². The molecule has 0 bridgehead atoms. The number of aliphatic imine (C=N–C) groups is 1. The fraction of sp³-hybridized carbons (Fsp3) is 0.250. The number of alkyl halides is 3. The van der Waals surface area contributed by atoms with Gasteiger partial charge in [0.15, 0.2) is 5.70 Å². The molecule has 5 nitrogen and oxygen atoms in total. The van der Waals surface area contributed by atoms with Crippen LogP contribution in [0.15, 0.2) is 28.9 Å². The van der Waals surface area contributed by atoms with Gasteiger partial charge in [-0.25, -0.2) is 4.98 Å². The Morgan fingerprint density at radius 1 is 1.45 bits per heavy atom. The van der Waals surface area contributed by atoms with Crippen molar-refractivity contribution in [3.8, 4) is 0 Å². The van der Waals surface area contributed by atoms with Gasteiger partial charge in [-0.1, -0.05) is 12.2 Å². The topological polar surface area (TPSA) is 76.2 Å². The average Bonchev–Trinajstić information content (AvgIpc) is 2.36. The third-order valence-electron chi connectivity index (χ3n) is 2.29. The van der Waals surface area contributed by atoms with E-state index in [9.17, 15) is 13.2 Å². The summed E-state index contributed by atoms with van der Waals surface area (Å²) in [7, 11) is 1.57. The zero-order valence-electron chi connectivity index (χ0n) is 11.0. The van der Waals surface area contributed by atoms with E-state index < -0.39 is 11.9 Å². The molecule has 0 fully saturated rings. The minimum absolute atomic E-state index is 0.0136. The lowest BCUT2D eigenvalue weighted by Crippen LogP contribution is -2.13. The number of nitrogens with one attached hydrogen (secondary N) is 1. The summed E-state index contributed by atoms with van der Waals surface area (Å²) in [6.07, 6.45) is -1.95. The Morgan fingerprint density at radius 3 is 2.55 bits per heavy atom. The number of hydrogen-bond donors (Lipinski definition) is 2. The molecule has 1 aromatic rings. The number of allylic oxidation sites excluding steroid dienone is 4. The van der Waals surface area contributed by atoms with E-state index in [2.05, 4.69) is 27.0 Å². The Labute approximate surface area is 114 Å². The highest BCUT2D eigenvalue weighted by Gasteiger charge is 2.36. The van der Waals surface area contributed by atoms with Gasteiger partial charge < -0.3 is 11.1 Å². The van der Waals surface area contributed by atoms with Gasteiger partial charge in [-0.15, -0.1) is 0 Å². The van der Waals surface area contributed by atoms with Crippen LogP contribution in [-0.4, -0.2) is 29.9 Å². The van der Waals surface area contributed by atoms with Gasteiger partial charge >= 0.3 is 6.18 Å². The largest absolute Gasteiger partial charge is 0.433 e. The van der Waals surface area contributed by atoms with Gasteiger partial charge in [-0.05, 0) is 13.6 Å². The van der Waals surface area contributed by atoms with Crippen molar-refractivity contribution >= 4 is 24.1 Å². The van der Waals surface area contributed by atoms with Gasteiger partial charge in [0.25, 0.3) is 0 Å². The van der Waals surface area contributed by atoms with Gasteiger partial charge in [0.1, 0.15) is 5.82 Å². The first-order chi connectivity index (χ1) is 9.33. The molecule has 20 heavy (non-hydrogen) atoms. The lowest BCUT2D eigenvalue weighted by Gasteiger charge is -2.12. The minimum Gasteiger partial charge on any atom is -0.373 e. The Bertz CT molecular complexity index is 561. The molecular formula is C12H14F3N5. The van der Waals surface area contributed by atoms with Crippen molar-refractivity contribution in [3.63, 3.8) is 0 Å². The minimum atomic E-state index is -4.64. The molecule has 1 heterocycles. The number of aromatic nitrogens is 2. The molecule has 0 spiro atoms. The summed E-state index contributed by atoms with van der Waals surface area (Å²) in [5.41, 5.74) is 4.15. The normalized spacial score (nSPS) is 13.2. The molecule has 1 aromatic heterocycles. The summed E-state index contributed by atoms with van der Waals surface area (Å²) in [6.45, 7) is 4.55. The van der Waals surface area contributed by atoms with E-state index in [-0.39, 0.29) is 17.2 Å². The van der Waals surface area contributed by atoms with Crippen LogP contribution in [-0.2, 0) is 0 Å². The van der Waals surface area contributed by atoms with Crippen LogP contribution < -0.4 is 11.1 Å². The molecule has 0 aromatic carbocycles. The van der Waals surface area contributed by atoms with Crippen LogP contribution in [0.5, 0.6) is 0 Å². The van der Waals surface area contributed by atoms with Crippen molar-refractivity contribution in [2.75, 3.05) is 18.1 Å². The second-order valence-electron chi connectivity index (χ2n) is 3.66. The highest BCUT2D eigenvalue weighted by atomic mass is 19.4. The summed E-state index contributed by atoms with van der Waals surface area (Å²) < 4.78 is 38.8. The predicted octanol–water partition coefficient (Wildman–Crippen LogP) is 2.65. The van der Waals surface area contributed by atoms with Crippen molar-refractivity contribution in [2.45, 2.75) is 13.1 Å². The maximum Gasteiger partial charge on any atom is 0.433 e. The van der Waals surface area contributed by atoms with E-state index in [0.717, 1.165) is 0 Å². The first-order valence-electron chi connectivity index (χ1n) is 5.57. The second kappa shape index (κ2) is 6.18. The Hall–Kier alpha value is -2.38. The average molecular weight is 285 g/mol. The van der Waals surface area contributed by atoms with E-state index >= 15 is 0 Å². The van der Waals surface area contributed by atoms with Crippen LogP contribution in [0.4, 0.5) is 24.9 Å². The summed E-state index contributed by atoms with van der Waals surface area (Å²) in [5.74, 6) is 0.166. The third kappa shape index (κ3) is 3.56. The monoisotopic (exact) mass is 285 g/mol. The maximum absolute atomic E-state index is 12.9. The van der Waals surface area contributed by atoms with Crippen molar-refractivity contribution in [1.82, 2.24) is 9.97 Å². The second-order valence-corrected chi connectivity index (χ2v) is 3.66. The van der Waals surface area contributed by atoms with Gasteiger partial charge in [0.05, 0.1) is 5.69 Å². The third-order valence-corrected chi connectivity index (χ3v) is 2.29. The number of anilines is 2. The number of halogens is 3. The molecule has 0 unspecified atom stereocenters. The molecule has 108 valence electrons. The summed E-state index contributed by atoms with van der Waals surface area (Å²) >= 11 is 0. The van der Waals surface area contributed by atoms with Gasteiger partial charge in [0.2, 0.25) is 5.95 Å². The van der Waals surface area contributed by atoms with Crippen molar-refractivity contribution in [1.29, 1.82) is 0 Å². The van der Waals surface area contributed by atoms with E-state index in [1.807, 2.05) is 0 Å². The Morgan fingerprint density at radius 2 is 2.10 bits per heavy atom. The van der Waals surface area contributed by atoms with Crippen LogP contribution in [0.2, 0.25) is 0 Å². The van der Waals surface area contributed by atoms with Gasteiger partial charge in [0, 0.05) is 18.7 Å². The van der Waals surface area contributed by atoms with Crippen LogP contribution in [0.3, 0.4) is 0 Å². The molecule has 0 saturated carbocycles. The highest BCUT2D eigenvalue weighted by molar-refractivity contribution is 5.77. The molecule has 0 aliphatic carbocycles. The fourth-order valence-corrected chi connectivity index (χ4v) is 1.51. The first-order valence-corrected chi connectivity index (χ1v) is 5.57. The first kappa shape index (κ1) is 15.7. The summed E-state index contributed by atoms with van der Waals surface area (Å²) in [4.78, 5) is 10.7. The van der Waals surface area contributed by atoms with Crippen molar-refractivity contribution in [2.24, 2.45) is 4.99 Å². The van der Waals surface area contributed by atoms with Crippen LogP contribution >= 0.6 is 0 Å². The summed E-state index contributed by atoms with van der Waals surface area (Å²) in [5, 5.41) is 2.70. The van der Waals surface area contributed by atoms with Crippen molar-refractivity contribution < 1.29 is 13.2 Å². The van der Waals surface area contributed by atoms with E-state index in [4.69, 9.17) is 5.73 Å². The van der Waals surface area contributed by atoms with Crippen LogP contribution in [0.25, 0.3) is 5.57 Å². The van der Waals surface area contributed by atoms with E-state index in [1.54, 1.807) is 14.0 Å². The number of rotatable bonds is 4. The lowest BCUT2D eigenvalue weighted by atomic mass is 10.1. The Balaban J connectivity index is 3.60. The standard InChI is InChI=1S/C12H14F3N5/c1-4-5-7(10(18-3)12(13,14)15)8-6-9(17-2)20-11(16)19-8/h4-6H,3H2,1-2H3,(H3,16,17,19,20)/b5-4-,10-7+. The quantitative estimate of drug-likeness (QED) is 0.658. The van der Waals surface area contributed by atoms with Gasteiger partial charge in [-0.2, -0.15) is 18.2 Å². The fourth-order valence-electron chi connectivity index (χ4n) is 1.51. The number of hydrogen-bond acceptors (Lipinski definition) is 5. The predicted molar refractivity (Wildman–Crippen MR) is 73.3 cm³/mol. The summed E-state index contributed by atoms with van der Waals surface area (Å²) in [6, 6.07) is 1.35. The SMILES string of the molecule is C=N/C(=C(\C=C/C)c1cc(NC)nc(N)n1)C(F)(F)F. The smallest absolute Gasteiger partial charge is 0.373 e. The molecule has 0 aliphatic heterocycles. The Kier molecular flexibility index (Phi) is 4.84. The molecular weight excluding hydrogens is 271 g/mol.